The molecule has 19 heavy (non-hydrogen) atoms. The van der Waals surface area contributed by atoms with E-state index in [2.05, 4.69) is 6.92 Å². The molecule has 2 N–H and O–H groups in total. The Hall–Kier alpha value is -1.23. The maximum Gasteiger partial charge on any atom is 0.232 e. The smallest absolute Gasteiger partial charge is 0.232 e. The largest absolute Gasteiger partial charge is 0.399 e. The number of thioether (sulfide) groups is 1. The number of nitrogens with two attached hydrogens (primary N) is 1. The molecule has 104 valence electrons. The maximum atomic E-state index is 13.6. The number of carbonyl (C=O) groups is 1. The Morgan fingerprint density at radius 1 is 1.58 bits per heavy atom. The van der Waals surface area contributed by atoms with Gasteiger partial charge in [-0.25, -0.2) is 4.39 Å². The lowest BCUT2D eigenvalue weighted by molar-refractivity contribution is -0.130. The minimum absolute atomic E-state index is 0.0905. The summed E-state index contributed by atoms with van der Waals surface area (Å²) in [4.78, 5) is 14.4. The molecule has 0 bridgehead atoms. The number of amides is 1. The fraction of sp³-hybridized carbons (Fsp3) is 0.500. The molecule has 1 fully saturated rings. The number of anilines is 1. The van der Waals surface area contributed by atoms with Crippen LogP contribution in [0.25, 0.3) is 0 Å². The topological polar surface area (TPSA) is 46.3 Å². The van der Waals surface area contributed by atoms with E-state index in [-0.39, 0.29) is 17.5 Å². The average molecular weight is 282 g/mol. The lowest BCUT2D eigenvalue weighted by Crippen LogP contribution is -2.40. The SMILES string of the molecule is CC1CCCN(C(=O)CSc2ccc(N)cc2F)C1. The molecule has 1 aliphatic heterocycles. The van der Waals surface area contributed by atoms with Gasteiger partial charge in [0, 0.05) is 23.7 Å². The number of hydrogen-bond donors (Lipinski definition) is 1. The molecule has 0 aromatic heterocycles. The highest BCUT2D eigenvalue weighted by Crippen LogP contribution is 2.24. The fourth-order valence-electron chi connectivity index (χ4n) is 2.28. The summed E-state index contributed by atoms with van der Waals surface area (Å²) >= 11 is 1.24. The zero-order valence-corrected chi connectivity index (χ0v) is 11.9. The van der Waals surface area contributed by atoms with Crippen LogP contribution < -0.4 is 5.73 Å². The summed E-state index contributed by atoms with van der Waals surface area (Å²) in [7, 11) is 0. The van der Waals surface area contributed by atoms with E-state index in [1.54, 1.807) is 12.1 Å². The summed E-state index contributed by atoms with van der Waals surface area (Å²) in [6.45, 7) is 3.81. The Morgan fingerprint density at radius 3 is 3.05 bits per heavy atom. The van der Waals surface area contributed by atoms with Crippen molar-refractivity contribution in [2.75, 3.05) is 24.6 Å². The molecule has 1 aromatic rings. The van der Waals surface area contributed by atoms with Crippen LogP contribution in [0.1, 0.15) is 19.8 Å². The highest BCUT2D eigenvalue weighted by atomic mass is 32.2. The van der Waals surface area contributed by atoms with E-state index in [0.717, 1.165) is 19.5 Å². The lowest BCUT2D eigenvalue weighted by atomic mass is 10.0. The normalized spacial score (nSPS) is 19.5. The molecule has 0 saturated carbocycles. The Labute approximate surface area is 117 Å². The molecular weight excluding hydrogens is 263 g/mol. The molecular formula is C14H19FN2OS. The van der Waals surface area contributed by atoms with Crippen LogP contribution >= 0.6 is 11.8 Å². The summed E-state index contributed by atoms with van der Waals surface area (Å²) in [5.41, 5.74) is 5.89. The van der Waals surface area contributed by atoms with E-state index in [1.807, 2.05) is 4.90 Å². The average Bonchev–Trinajstić information content (AvgIpc) is 2.37. The van der Waals surface area contributed by atoms with Crippen molar-refractivity contribution in [3.63, 3.8) is 0 Å². The molecule has 1 saturated heterocycles. The van der Waals surface area contributed by atoms with E-state index < -0.39 is 0 Å². The molecule has 1 heterocycles. The Bertz CT molecular complexity index is 467. The number of benzene rings is 1. The second-order valence-electron chi connectivity index (χ2n) is 5.07. The third-order valence-electron chi connectivity index (χ3n) is 3.32. The molecule has 0 aliphatic carbocycles. The predicted molar refractivity (Wildman–Crippen MR) is 76.5 cm³/mol. The first kappa shape index (κ1) is 14.2. The van der Waals surface area contributed by atoms with Gasteiger partial charge in [0.15, 0.2) is 0 Å². The summed E-state index contributed by atoms with van der Waals surface area (Å²) in [5.74, 6) is 0.585. The number of likely N-dealkylation sites (tertiary alicyclic amines) is 1. The molecule has 1 unspecified atom stereocenters. The predicted octanol–water partition coefficient (Wildman–Crippen LogP) is 2.76. The second kappa shape index (κ2) is 6.28. The zero-order chi connectivity index (χ0) is 13.8. The highest BCUT2D eigenvalue weighted by Gasteiger charge is 2.21. The molecule has 0 spiro atoms. The summed E-state index contributed by atoms with van der Waals surface area (Å²) in [6, 6.07) is 4.57. The molecule has 1 aromatic carbocycles. The third-order valence-corrected chi connectivity index (χ3v) is 4.35. The van der Waals surface area contributed by atoms with Crippen LogP contribution in [-0.2, 0) is 4.79 Å². The first-order valence-corrected chi connectivity index (χ1v) is 7.50. The van der Waals surface area contributed by atoms with Crippen molar-refractivity contribution < 1.29 is 9.18 Å². The van der Waals surface area contributed by atoms with Gasteiger partial charge in [-0.05, 0) is 37.0 Å². The summed E-state index contributed by atoms with van der Waals surface area (Å²) in [5, 5.41) is 0. The summed E-state index contributed by atoms with van der Waals surface area (Å²) in [6.07, 6.45) is 2.25. The van der Waals surface area contributed by atoms with E-state index >= 15 is 0 Å². The first-order chi connectivity index (χ1) is 9.06. The number of hydrogen-bond acceptors (Lipinski definition) is 3. The van der Waals surface area contributed by atoms with Crippen LogP contribution in [0, 0.1) is 11.7 Å². The monoisotopic (exact) mass is 282 g/mol. The van der Waals surface area contributed by atoms with Gasteiger partial charge in [-0.3, -0.25) is 4.79 Å². The Morgan fingerprint density at radius 2 is 2.37 bits per heavy atom. The maximum absolute atomic E-state index is 13.6. The molecule has 1 aliphatic rings. The van der Waals surface area contributed by atoms with Crippen molar-refractivity contribution in [1.82, 2.24) is 4.90 Å². The highest BCUT2D eigenvalue weighted by molar-refractivity contribution is 8.00. The lowest BCUT2D eigenvalue weighted by Gasteiger charge is -2.30. The van der Waals surface area contributed by atoms with E-state index in [0.29, 0.717) is 16.5 Å². The van der Waals surface area contributed by atoms with E-state index in [1.165, 1.54) is 24.2 Å². The number of rotatable bonds is 3. The van der Waals surface area contributed by atoms with Gasteiger partial charge in [-0.15, -0.1) is 11.8 Å². The van der Waals surface area contributed by atoms with Gasteiger partial charge in [0.05, 0.1) is 5.75 Å². The van der Waals surface area contributed by atoms with Crippen molar-refractivity contribution in [3.8, 4) is 0 Å². The van der Waals surface area contributed by atoms with E-state index in [4.69, 9.17) is 5.73 Å². The minimum Gasteiger partial charge on any atom is -0.399 e. The standard InChI is InChI=1S/C14H19FN2OS/c1-10-3-2-6-17(8-10)14(18)9-19-13-5-4-11(16)7-12(13)15/h4-5,7,10H,2-3,6,8-9,16H2,1H3. The van der Waals surface area contributed by atoms with Crippen LogP contribution in [-0.4, -0.2) is 29.6 Å². The molecule has 1 amide bonds. The van der Waals surface area contributed by atoms with Crippen LogP contribution in [0.5, 0.6) is 0 Å². The van der Waals surface area contributed by atoms with Crippen molar-refractivity contribution in [3.05, 3.63) is 24.0 Å². The van der Waals surface area contributed by atoms with Crippen molar-refractivity contribution in [2.45, 2.75) is 24.7 Å². The number of piperidine rings is 1. The number of nitrogens with zero attached hydrogens (tertiary/aromatic N) is 1. The van der Waals surface area contributed by atoms with Gasteiger partial charge < -0.3 is 10.6 Å². The molecule has 5 heteroatoms. The van der Waals surface area contributed by atoms with Crippen molar-refractivity contribution in [2.24, 2.45) is 5.92 Å². The van der Waals surface area contributed by atoms with Gasteiger partial charge in [0.1, 0.15) is 5.82 Å². The van der Waals surface area contributed by atoms with Crippen LogP contribution in [0.3, 0.4) is 0 Å². The Kier molecular flexibility index (Phi) is 4.69. The van der Waals surface area contributed by atoms with Crippen molar-refractivity contribution >= 4 is 23.4 Å². The zero-order valence-electron chi connectivity index (χ0n) is 11.1. The van der Waals surface area contributed by atoms with Crippen LogP contribution in [0.4, 0.5) is 10.1 Å². The Balaban J connectivity index is 1.89. The number of nitrogen functional groups attached to an aromatic ring is 1. The number of halogens is 1. The van der Waals surface area contributed by atoms with Gasteiger partial charge in [-0.1, -0.05) is 6.92 Å². The minimum atomic E-state index is -0.357. The van der Waals surface area contributed by atoms with Gasteiger partial charge in [0.25, 0.3) is 0 Å². The van der Waals surface area contributed by atoms with Crippen molar-refractivity contribution in [1.29, 1.82) is 0 Å². The number of carbonyl (C=O) groups excluding carboxylic acids is 1. The van der Waals surface area contributed by atoms with Gasteiger partial charge in [-0.2, -0.15) is 0 Å². The second-order valence-corrected chi connectivity index (χ2v) is 6.08. The molecule has 3 nitrogen and oxygen atoms in total. The molecule has 0 radical (unpaired) electrons. The van der Waals surface area contributed by atoms with Crippen LogP contribution in [0.2, 0.25) is 0 Å². The summed E-state index contributed by atoms with van der Waals surface area (Å²) < 4.78 is 13.6. The van der Waals surface area contributed by atoms with E-state index in [9.17, 15) is 9.18 Å². The fourth-order valence-corrected chi connectivity index (χ4v) is 3.10. The molecule has 2 rings (SSSR count). The van der Waals surface area contributed by atoms with Gasteiger partial charge in [0.2, 0.25) is 5.91 Å². The third kappa shape index (κ3) is 3.86. The van der Waals surface area contributed by atoms with Gasteiger partial charge >= 0.3 is 0 Å². The first-order valence-electron chi connectivity index (χ1n) is 6.52. The van der Waals surface area contributed by atoms with Crippen LogP contribution in [0.15, 0.2) is 23.1 Å². The quantitative estimate of drug-likeness (QED) is 0.685. The molecule has 1 atom stereocenters.